The minimum atomic E-state index is -0.503. The molecular weight excluding hydrogens is 272 g/mol. The molecule has 1 N–H and O–H groups in total. The summed E-state index contributed by atoms with van der Waals surface area (Å²) in [6, 6.07) is -0.503. The molecule has 7 nitrogen and oxygen atoms in total. The summed E-state index contributed by atoms with van der Waals surface area (Å²) in [5.41, 5.74) is -0.157. The van der Waals surface area contributed by atoms with Crippen molar-refractivity contribution in [1.82, 2.24) is 14.9 Å². The number of esters is 1. The fourth-order valence-corrected chi connectivity index (χ4v) is 2.46. The first kappa shape index (κ1) is 15.5. The van der Waals surface area contributed by atoms with E-state index in [1.165, 1.54) is 0 Å². The van der Waals surface area contributed by atoms with Crippen molar-refractivity contribution in [3.05, 3.63) is 22.7 Å². The molecule has 0 aliphatic carbocycles. The number of nitrogens with one attached hydrogen (secondary N) is 1. The van der Waals surface area contributed by atoms with E-state index in [0.717, 1.165) is 6.42 Å². The van der Waals surface area contributed by atoms with Gasteiger partial charge in [-0.25, -0.2) is 9.78 Å². The highest BCUT2D eigenvalue weighted by atomic mass is 16.5. The van der Waals surface area contributed by atoms with E-state index >= 15 is 0 Å². The van der Waals surface area contributed by atoms with E-state index in [2.05, 4.69) is 10.3 Å². The summed E-state index contributed by atoms with van der Waals surface area (Å²) in [5.74, 6) is 0.00213. The zero-order valence-electron chi connectivity index (χ0n) is 12.5. The number of carbonyl (C=O) groups is 1. The van der Waals surface area contributed by atoms with E-state index in [1.54, 1.807) is 28.8 Å². The number of hydrogen-bond donors (Lipinski definition) is 1. The van der Waals surface area contributed by atoms with Crippen molar-refractivity contribution in [1.29, 1.82) is 0 Å². The summed E-state index contributed by atoms with van der Waals surface area (Å²) in [6.45, 7) is 6.48. The monoisotopic (exact) mass is 294 g/mol. The van der Waals surface area contributed by atoms with Crippen LogP contribution in [-0.2, 0) is 16.1 Å². The molecule has 116 valence electrons. The molecule has 1 aliphatic heterocycles. The molecule has 2 heterocycles. The molecule has 1 fully saturated rings. The number of nitrogens with zero attached hydrogens (tertiary/aromatic N) is 3. The van der Waals surface area contributed by atoms with Crippen LogP contribution in [0.25, 0.3) is 0 Å². The second-order valence-corrected chi connectivity index (χ2v) is 4.91. The normalized spacial score (nSPS) is 18.6. The van der Waals surface area contributed by atoms with Crippen LogP contribution in [0.1, 0.15) is 20.3 Å². The predicted molar refractivity (Wildman–Crippen MR) is 79.4 cm³/mol. The summed E-state index contributed by atoms with van der Waals surface area (Å²) in [7, 11) is 0. The van der Waals surface area contributed by atoms with Crippen LogP contribution >= 0.6 is 0 Å². The SMILES string of the molecule is CCCn1ccnc(N2CCNCC2C(=O)OCC)c1=O. The number of anilines is 1. The number of aromatic nitrogens is 2. The van der Waals surface area contributed by atoms with E-state index in [9.17, 15) is 9.59 Å². The molecule has 1 aromatic rings. The lowest BCUT2D eigenvalue weighted by molar-refractivity contribution is -0.144. The molecule has 1 unspecified atom stereocenters. The smallest absolute Gasteiger partial charge is 0.330 e. The molecule has 1 aliphatic rings. The molecule has 0 saturated carbocycles. The minimum Gasteiger partial charge on any atom is -0.464 e. The average molecular weight is 294 g/mol. The molecule has 1 aromatic heterocycles. The highest BCUT2D eigenvalue weighted by Crippen LogP contribution is 2.12. The number of piperazine rings is 1. The Balaban J connectivity index is 2.31. The van der Waals surface area contributed by atoms with E-state index in [1.807, 2.05) is 6.92 Å². The summed E-state index contributed by atoms with van der Waals surface area (Å²) < 4.78 is 6.73. The van der Waals surface area contributed by atoms with Crippen molar-refractivity contribution >= 4 is 11.8 Å². The molecule has 1 saturated heterocycles. The first-order valence-electron chi connectivity index (χ1n) is 7.38. The average Bonchev–Trinajstić information content (AvgIpc) is 2.50. The maximum absolute atomic E-state index is 12.5. The van der Waals surface area contributed by atoms with Gasteiger partial charge in [0.2, 0.25) is 0 Å². The predicted octanol–water partition coefficient (Wildman–Crippen LogP) is -0.00540. The first-order valence-corrected chi connectivity index (χ1v) is 7.38. The van der Waals surface area contributed by atoms with Crippen molar-refractivity contribution in [3.8, 4) is 0 Å². The van der Waals surface area contributed by atoms with Crippen LogP contribution in [0.15, 0.2) is 17.2 Å². The van der Waals surface area contributed by atoms with Gasteiger partial charge >= 0.3 is 5.97 Å². The Morgan fingerprint density at radius 1 is 1.52 bits per heavy atom. The van der Waals surface area contributed by atoms with Crippen LogP contribution in [0.3, 0.4) is 0 Å². The number of carbonyl (C=O) groups excluding carboxylic acids is 1. The van der Waals surface area contributed by atoms with Crippen molar-refractivity contribution in [2.75, 3.05) is 31.1 Å². The molecule has 2 rings (SSSR count). The highest BCUT2D eigenvalue weighted by Gasteiger charge is 2.32. The van der Waals surface area contributed by atoms with Gasteiger partial charge in [-0.15, -0.1) is 0 Å². The largest absolute Gasteiger partial charge is 0.464 e. The Kier molecular flexibility index (Phi) is 5.32. The second-order valence-electron chi connectivity index (χ2n) is 4.91. The molecular formula is C14H22N4O3. The second kappa shape index (κ2) is 7.21. The Morgan fingerprint density at radius 3 is 3.05 bits per heavy atom. The van der Waals surface area contributed by atoms with E-state index in [0.29, 0.717) is 38.6 Å². The standard InChI is InChI=1S/C14H22N4O3/c1-3-7-17-8-6-16-12(13(17)19)18-9-5-15-10-11(18)14(20)21-4-2/h6,8,11,15H,3-5,7,9-10H2,1-2H3. The van der Waals surface area contributed by atoms with Gasteiger partial charge in [-0.05, 0) is 13.3 Å². The molecule has 0 bridgehead atoms. The van der Waals surface area contributed by atoms with Gasteiger partial charge in [0, 0.05) is 38.6 Å². The zero-order valence-corrected chi connectivity index (χ0v) is 12.5. The van der Waals surface area contributed by atoms with Gasteiger partial charge in [0.25, 0.3) is 5.56 Å². The Labute approximate surface area is 123 Å². The van der Waals surface area contributed by atoms with E-state index < -0.39 is 6.04 Å². The van der Waals surface area contributed by atoms with E-state index in [4.69, 9.17) is 4.74 Å². The number of ether oxygens (including phenoxy) is 1. The van der Waals surface area contributed by atoms with Crippen LogP contribution < -0.4 is 15.8 Å². The Morgan fingerprint density at radius 2 is 2.33 bits per heavy atom. The first-order chi connectivity index (χ1) is 10.2. The van der Waals surface area contributed by atoms with Crippen LogP contribution in [0.2, 0.25) is 0 Å². The summed E-state index contributed by atoms with van der Waals surface area (Å²) in [5, 5.41) is 3.15. The fourth-order valence-electron chi connectivity index (χ4n) is 2.46. The lowest BCUT2D eigenvalue weighted by Crippen LogP contribution is -2.57. The lowest BCUT2D eigenvalue weighted by Gasteiger charge is -2.34. The highest BCUT2D eigenvalue weighted by molar-refractivity contribution is 5.80. The quantitative estimate of drug-likeness (QED) is 0.770. The van der Waals surface area contributed by atoms with Gasteiger partial charge in [0.1, 0.15) is 6.04 Å². The van der Waals surface area contributed by atoms with Crippen molar-refractivity contribution in [2.45, 2.75) is 32.9 Å². The van der Waals surface area contributed by atoms with Gasteiger partial charge in [-0.1, -0.05) is 6.92 Å². The van der Waals surface area contributed by atoms with E-state index in [-0.39, 0.29) is 11.5 Å². The molecule has 0 radical (unpaired) electrons. The lowest BCUT2D eigenvalue weighted by atomic mass is 10.2. The molecule has 1 atom stereocenters. The fraction of sp³-hybridized carbons (Fsp3) is 0.643. The number of hydrogen-bond acceptors (Lipinski definition) is 6. The third kappa shape index (κ3) is 3.41. The zero-order chi connectivity index (χ0) is 15.2. The van der Waals surface area contributed by atoms with Gasteiger partial charge < -0.3 is 19.5 Å². The number of aryl methyl sites for hydroxylation is 1. The van der Waals surface area contributed by atoms with Crippen molar-refractivity contribution in [2.24, 2.45) is 0 Å². The maximum Gasteiger partial charge on any atom is 0.330 e. The summed E-state index contributed by atoms with van der Waals surface area (Å²) in [6.07, 6.45) is 4.15. The third-order valence-electron chi connectivity index (χ3n) is 3.43. The minimum absolute atomic E-state index is 0.157. The summed E-state index contributed by atoms with van der Waals surface area (Å²) >= 11 is 0. The maximum atomic E-state index is 12.5. The molecule has 21 heavy (non-hydrogen) atoms. The molecule has 0 amide bonds. The van der Waals surface area contributed by atoms with Crippen LogP contribution in [0, 0.1) is 0 Å². The van der Waals surface area contributed by atoms with Crippen LogP contribution in [-0.4, -0.2) is 47.8 Å². The summed E-state index contributed by atoms with van der Waals surface area (Å²) in [4.78, 5) is 30.5. The van der Waals surface area contributed by atoms with Crippen LogP contribution in [0.4, 0.5) is 5.82 Å². The Hall–Kier alpha value is -1.89. The topological polar surface area (TPSA) is 76.5 Å². The molecule has 7 heteroatoms. The van der Waals surface area contributed by atoms with Crippen molar-refractivity contribution < 1.29 is 9.53 Å². The third-order valence-corrected chi connectivity index (χ3v) is 3.43. The van der Waals surface area contributed by atoms with Gasteiger partial charge in [0.05, 0.1) is 6.61 Å². The number of rotatable bonds is 5. The van der Waals surface area contributed by atoms with Crippen molar-refractivity contribution in [3.63, 3.8) is 0 Å². The van der Waals surface area contributed by atoms with Gasteiger partial charge in [-0.3, -0.25) is 4.79 Å². The molecule has 0 aromatic carbocycles. The van der Waals surface area contributed by atoms with Gasteiger partial charge in [-0.2, -0.15) is 0 Å². The Bertz CT molecular complexity index is 543. The van der Waals surface area contributed by atoms with Crippen LogP contribution in [0.5, 0.6) is 0 Å². The van der Waals surface area contributed by atoms with Gasteiger partial charge in [0.15, 0.2) is 5.82 Å². The molecule has 0 spiro atoms.